The van der Waals surface area contributed by atoms with Crippen LogP contribution in [-0.2, 0) is 0 Å². The molecule has 12 aromatic rings. The maximum Gasteiger partial charge on any atom is 0.142 e. The van der Waals surface area contributed by atoms with Gasteiger partial charge in [0.15, 0.2) is 0 Å². The summed E-state index contributed by atoms with van der Waals surface area (Å²) in [4.78, 5) is 6.94. The molecule has 0 aromatic heterocycles. The molecular weight excluding hydrogens is 933 g/mol. The van der Waals surface area contributed by atoms with E-state index in [1.807, 2.05) is 0 Å². The molecule has 0 saturated carbocycles. The van der Waals surface area contributed by atoms with Crippen LogP contribution in [0, 0.1) is 0 Å². The second-order valence-corrected chi connectivity index (χ2v) is 19.3. The third-order valence-electron chi connectivity index (χ3n) is 14.6. The zero-order valence-corrected chi connectivity index (χ0v) is 43.0. The Labute approximate surface area is 453 Å². The van der Waals surface area contributed by atoms with Crippen molar-refractivity contribution in [1.82, 2.24) is 4.48 Å². The molecule has 0 aliphatic carbocycles. The monoisotopic (exact) mass is 989 g/mol. The molecule has 4 nitrogen and oxygen atoms in total. The molecule has 12 rings (SSSR count). The van der Waals surface area contributed by atoms with Crippen molar-refractivity contribution in [2.24, 2.45) is 0 Å². The number of nitrogens with zero attached hydrogens (tertiary/aromatic N) is 4. The number of anilines is 9. The normalized spacial score (nSPS) is 11.2. The lowest BCUT2D eigenvalue weighted by Gasteiger charge is -2.33. The zero-order valence-electron chi connectivity index (χ0n) is 43.0. The van der Waals surface area contributed by atoms with Crippen LogP contribution in [0.2, 0.25) is 0 Å². The van der Waals surface area contributed by atoms with E-state index in [4.69, 9.17) is 0 Å². The van der Waals surface area contributed by atoms with Crippen molar-refractivity contribution in [2.45, 2.75) is 0 Å². The number of hydrogen-bond acceptors (Lipinski definition) is 3. The first-order valence-corrected chi connectivity index (χ1v) is 26.3. The van der Waals surface area contributed by atoms with Gasteiger partial charge < -0.3 is 14.7 Å². The molecular formula is C73H57N4+. The zero-order chi connectivity index (χ0) is 51.8. The first kappa shape index (κ1) is 48.0. The van der Waals surface area contributed by atoms with Crippen LogP contribution in [0.5, 0.6) is 0 Å². The maximum atomic E-state index is 2.33. The minimum Gasteiger partial charge on any atom is -0.311 e. The molecule has 77 heavy (non-hydrogen) atoms. The van der Waals surface area contributed by atoms with Gasteiger partial charge in [0.2, 0.25) is 0 Å². The second kappa shape index (κ2) is 21.8. The van der Waals surface area contributed by atoms with Crippen molar-refractivity contribution in [1.29, 1.82) is 0 Å². The van der Waals surface area contributed by atoms with Gasteiger partial charge in [-0.15, -0.1) is 0 Å². The first-order chi connectivity index (χ1) is 38.1. The van der Waals surface area contributed by atoms with Crippen molar-refractivity contribution in [3.8, 4) is 33.4 Å². The Hall–Kier alpha value is -10.0. The van der Waals surface area contributed by atoms with Crippen LogP contribution in [0.4, 0.5) is 68.2 Å². The average Bonchev–Trinajstić information content (AvgIpc) is 3.53. The van der Waals surface area contributed by atoms with Crippen molar-refractivity contribution >= 4 is 68.2 Å². The van der Waals surface area contributed by atoms with E-state index in [2.05, 4.69) is 349 Å². The molecule has 0 amide bonds. The van der Waals surface area contributed by atoms with Gasteiger partial charge in [0.25, 0.3) is 0 Å². The summed E-state index contributed by atoms with van der Waals surface area (Å²) in [6.45, 7) is 0. The molecule has 0 fully saturated rings. The van der Waals surface area contributed by atoms with Gasteiger partial charge in [-0.05, 0) is 179 Å². The highest BCUT2D eigenvalue weighted by Gasteiger charge is 2.31. The molecule has 4 heteroatoms. The number of rotatable bonds is 15. The highest BCUT2D eigenvalue weighted by molar-refractivity contribution is 5.84. The molecule has 0 atom stereocenters. The molecule has 0 saturated heterocycles. The fraction of sp³-hybridized carbons (Fsp3) is 0.0137. The van der Waals surface area contributed by atoms with Gasteiger partial charge in [-0.2, -0.15) is 0 Å². The Bertz CT molecular complexity index is 3700. The minimum absolute atomic E-state index is 0.572. The highest BCUT2D eigenvalue weighted by Crippen LogP contribution is 2.44. The highest BCUT2D eigenvalue weighted by atomic mass is 15.3. The summed E-state index contributed by atoms with van der Waals surface area (Å²) in [7, 11) is 2.27. The van der Waals surface area contributed by atoms with E-state index in [0.29, 0.717) is 4.48 Å². The van der Waals surface area contributed by atoms with Crippen LogP contribution >= 0.6 is 0 Å². The van der Waals surface area contributed by atoms with Gasteiger partial charge in [0.1, 0.15) is 17.1 Å². The summed E-state index contributed by atoms with van der Waals surface area (Å²) in [5.74, 6) is 0. The minimum atomic E-state index is 0.572. The van der Waals surface area contributed by atoms with E-state index in [1.54, 1.807) is 0 Å². The smallest absolute Gasteiger partial charge is 0.142 e. The van der Waals surface area contributed by atoms with Crippen molar-refractivity contribution in [2.75, 3.05) is 21.7 Å². The lowest BCUT2D eigenvalue weighted by atomic mass is 10.0. The van der Waals surface area contributed by atoms with Gasteiger partial charge >= 0.3 is 0 Å². The predicted molar refractivity (Wildman–Crippen MR) is 327 cm³/mol. The average molecular weight is 990 g/mol. The standard InChI is InChI=1S/C73H57N4/c1-77(71-28-16-6-17-29-71,72-30-18-7-19-31-72)73-54-42-61(43-55-73)60-40-52-70(53-41-60)76(65-26-14-5-15-27-65)69-50-38-59(39-51-69)58-36-48-68(49-37-58)75(64-24-12-4-13-25-64)67-46-34-57(35-47-67)56-32-44-66(45-33-56)74(62-20-8-2-9-21-62)63-22-10-3-11-23-63/h2-55H,1H3/q+1. The van der Waals surface area contributed by atoms with E-state index >= 15 is 0 Å². The van der Waals surface area contributed by atoms with E-state index in [9.17, 15) is 0 Å². The Morgan fingerprint density at radius 1 is 0.169 bits per heavy atom. The lowest BCUT2D eigenvalue weighted by molar-refractivity contribution is 0.627. The van der Waals surface area contributed by atoms with Crippen LogP contribution in [-0.4, -0.2) is 7.05 Å². The van der Waals surface area contributed by atoms with Gasteiger partial charge in [-0.25, -0.2) is 4.48 Å². The lowest BCUT2D eigenvalue weighted by Crippen LogP contribution is -2.33. The van der Waals surface area contributed by atoms with Gasteiger partial charge in [0, 0.05) is 63.3 Å². The molecule has 0 unspecified atom stereocenters. The van der Waals surface area contributed by atoms with Crippen molar-refractivity contribution < 1.29 is 0 Å². The maximum absolute atomic E-state index is 2.33. The molecule has 0 N–H and O–H groups in total. The van der Waals surface area contributed by atoms with Gasteiger partial charge in [0.05, 0.1) is 7.05 Å². The van der Waals surface area contributed by atoms with Gasteiger partial charge in [-0.3, -0.25) is 0 Å². The SMILES string of the molecule is C[N+](c1ccccc1)(c1ccccc1)c1ccc(-c2ccc(N(c3ccccc3)c3ccc(-c4ccc(N(c5ccccc5)c5ccc(-c6ccc(N(c7ccccc7)c7ccccc7)cc6)cc5)cc4)cc3)cc2)cc1. The third-order valence-corrected chi connectivity index (χ3v) is 14.6. The summed E-state index contributed by atoms with van der Waals surface area (Å²) in [6, 6.07) is 117. The molecule has 12 aromatic carbocycles. The van der Waals surface area contributed by atoms with E-state index < -0.39 is 0 Å². The van der Waals surface area contributed by atoms with E-state index in [0.717, 1.165) is 73.4 Å². The quantitative estimate of drug-likeness (QED) is 0.0948. The number of benzene rings is 12. The summed E-state index contributed by atoms with van der Waals surface area (Å²) in [5, 5.41) is 0. The molecule has 0 radical (unpaired) electrons. The topological polar surface area (TPSA) is 9.72 Å². The molecule has 0 aliphatic rings. The number of quaternary nitrogens is 1. The Kier molecular flexibility index (Phi) is 13.6. The van der Waals surface area contributed by atoms with E-state index in [-0.39, 0.29) is 0 Å². The Morgan fingerprint density at radius 3 is 0.532 bits per heavy atom. The van der Waals surface area contributed by atoms with Crippen LogP contribution < -0.4 is 19.2 Å². The van der Waals surface area contributed by atoms with Crippen molar-refractivity contribution in [3.63, 3.8) is 0 Å². The number of hydrogen-bond donors (Lipinski definition) is 0. The van der Waals surface area contributed by atoms with Gasteiger partial charge in [-0.1, -0.05) is 170 Å². The predicted octanol–water partition coefficient (Wildman–Crippen LogP) is 20.7. The second-order valence-electron chi connectivity index (χ2n) is 19.3. The van der Waals surface area contributed by atoms with Crippen LogP contribution in [0.25, 0.3) is 33.4 Å². The molecule has 0 bridgehead atoms. The Balaban J connectivity index is 0.776. The van der Waals surface area contributed by atoms with Crippen LogP contribution in [0.15, 0.2) is 328 Å². The molecule has 0 spiro atoms. The summed E-state index contributed by atoms with van der Waals surface area (Å²) < 4.78 is 0.572. The molecule has 0 aliphatic heterocycles. The third kappa shape index (κ3) is 10.1. The Morgan fingerprint density at radius 2 is 0.325 bits per heavy atom. The van der Waals surface area contributed by atoms with Crippen LogP contribution in [0.3, 0.4) is 0 Å². The fourth-order valence-electron chi connectivity index (χ4n) is 10.5. The summed E-state index contributed by atoms with van der Waals surface area (Å²) >= 11 is 0. The molecule has 368 valence electrons. The molecule has 0 heterocycles. The summed E-state index contributed by atoms with van der Waals surface area (Å²) in [6.07, 6.45) is 0. The van der Waals surface area contributed by atoms with Crippen LogP contribution in [0.1, 0.15) is 0 Å². The first-order valence-electron chi connectivity index (χ1n) is 26.3. The van der Waals surface area contributed by atoms with Crippen molar-refractivity contribution in [3.05, 3.63) is 328 Å². The number of para-hydroxylation sites is 6. The summed E-state index contributed by atoms with van der Waals surface area (Å²) in [5.41, 5.74) is 20.5. The largest absolute Gasteiger partial charge is 0.311 e. The fourth-order valence-corrected chi connectivity index (χ4v) is 10.5. The van der Waals surface area contributed by atoms with E-state index in [1.165, 1.54) is 28.2 Å².